The molecule has 0 radical (unpaired) electrons. The van der Waals surface area contributed by atoms with Crippen LogP contribution in [-0.2, 0) is 19.2 Å². The maximum Gasteiger partial charge on any atom is 0.322 e. The third-order valence-corrected chi connectivity index (χ3v) is 4.38. The van der Waals surface area contributed by atoms with E-state index in [1.165, 1.54) is 0 Å². The number of nitrogens with one attached hydrogen (secondary N) is 5. The lowest BCUT2D eigenvalue weighted by Gasteiger charge is -2.18. The van der Waals surface area contributed by atoms with Crippen LogP contribution in [0.15, 0.2) is 24.3 Å². The molecule has 2 unspecified atom stereocenters. The fourth-order valence-corrected chi connectivity index (χ4v) is 2.73. The Morgan fingerprint density at radius 2 is 1.60 bits per heavy atom. The Hall–Kier alpha value is -2.76. The number of hydrogen-bond acceptors (Lipinski definition) is 7. The van der Waals surface area contributed by atoms with Crippen LogP contribution in [0.1, 0.15) is 19.3 Å². The van der Waals surface area contributed by atoms with E-state index in [0.717, 1.165) is 19.4 Å². The molecule has 0 aromatic carbocycles. The number of allylic oxidation sites excluding steroid dienone is 2. The normalized spacial score (nSPS) is 14.9. The number of carboxylic acid groups (broad SMARTS) is 1. The van der Waals surface area contributed by atoms with Gasteiger partial charge in [-0.15, -0.1) is 0 Å². The second kappa shape index (κ2) is 14.3. The molecule has 168 valence electrons. The minimum atomic E-state index is -1.30. The lowest BCUT2D eigenvalue weighted by Crippen LogP contribution is -2.53. The fraction of sp³-hybridized carbons (Fsp3) is 0.579. The Labute approximate surface area is 175 Å². The molecule has 2 atom stereocenters. The van der Waals surface area contributed by atoms with Crippen molar-refractivity contribution >= 4 is 23.7 Å². The van der Waals surface area contributed by atoms with E-state index in [-0.39, 0.29) is 18.5 Å². The summed E-state index contributed by atoms with van der Waals surface area (Å²) in [6, 6.07) is -1.50. The Bertz CT molecular complexity index is 639. The summed E-state index contributed by atoms with van der Waals surface area (Å²) in [4.78, 5) is 46.3. The lowest BCUT2D eigenvalue weighted by atomic mass is 10.1. The minimum Gasteiger partial charge on any atom is -0.480 e. The molecule has 0 aromatic heterocycles. The molecule has 1 rings (SSSR count). The van der Waals surface area contributed by atoms with Crippen LogP contribution in [0.5, 0.6) is 0 Å². The van der Waals surface area contributed by atoms with Gasteiger partial charge in [-0.2, -0.15) is 0 Å². The average molecular weight is 425 g/mol. The third kappa shape index (κ3) is 10.1. The van der Waals surface area contributed by atoms with Crippen LogP contribution in [0.2, 0.25) is 0 Å². The summed E-state index contributed by atoms with van der Waals surface area (Å²) in [5.41, 5.74) is 0. The number of rotatable bonds is 15. The zero-order chi connectivity index (χ0) is 22.4. The first-order valence-electron chi connectivity index (χ1n) is 9.80. The predicted octanol–water partition coefficient (Wildman–Crippen LogP) is -2.38. The van der Waals surface area contributed by atoms with E-state index in [1.54, 1.807) is 7.05 Å². The monoisotopic (exact) mass is 425 g/mol. The molecule has 7 N–H and O–H groups in total. The van der Waals surface area contributed by atoms with Crippen molar-refractivity contribution in [1.29, 1.82) is 0 Å². The molecule has 30 heavy (non-hydrogen) atoms. The van der Waals surface area contributed by atoms with Crippen molar-refractivity contribution in [3.63, 3.8) is 0 Å². The molecule has 0 fully saturated rings. The molecule has 0 bridgehead atoms. The smallest absolute Gasteiger partial charge is 0.322 e. The second-order valence-electron chi connectivity index (χ2n) is 6.72. The number of likely N-dealkylation sites (N-methyl/N-ethyl adjacent to an activating group) is 1. The van der Waals surface area contributed by atoms with E-state index >= 15 is 0 Å². The summed E-state index contributed by atoms with van der Waals surface area (Å²) in [5, 5.41) is 30.8. The quantitative estimate of drug-likeness (QED) is 0.143. The fourth-order valence-electron chi connectivity index (χ4n) is 2.73. The number of aliphatic hydroxyl groups is 1. The van der Waals surface area contributed by atoms with Crippen molar-refractivity contribution in [2.24, 2.45) is 0 Å². The van der Waals surface area contributed by atoms with Crippen LogP contribution in [0, 0.1) is 0 Å². The van der Waals surface area contributed by atoms with Gasteiger partial charge in [-0.3, -0.25) is 19.2 Å². The molecule has 11 heteroatoms. The van der Waals surface area contributed by atoms with Crippen molar-refractivity contribution in [1.82, 2.24) is 26.6 Å². The molecule has 0 aromatic rings. The summed E-state index contributed by atoms with van der Waals surface area (Å²) >= 11 is 0. The lowest BCUT2D eigenvalue weighted by molar-refractivity contribution is -0.138. The van der Waals surface area contributed by atoms with Gasteiger partial charge in [-0.1, -0.05) is 30.7 Å². The Morgan fingerprint density at radius 3 is 2.20 bits per heavy atom. The van der Waals surface area contributed by atoms with Gasteiger partial charge in [0.2, 0.25) is 17.7 Å². The molecule has 11 nitrogen and oxygen atoms in total. The van der Waals surface area contributed by atoms with Gasteiger partial charge in [0, 0.05) is 6.04 Å². The van der Waals surface area contributed by atoms with Gasteiger partial charge in [0.15, 0.2) is 0 Å². The van der Waals surface area contributed by atoms with E-state index in [0.29, 0.717) is 6.42 Å². The standard InChI is InChI=1S/C19H31N5O6/c1-20-14(8-4-5-9-21-13-6-2-3-7-13)18(29)22-10-16(26)24-15(12-25)19(30)23-11-17(27)28/h2-3,6-7,13-15,20-21,25H,4-5,8-12H2,1H3,(H,22,29)(H,23,30)(H,24,26)(H,27,28). The molecule has 3 amide bonds. The minimum absolute atomic E-state index is 0.265. The van der Waals surface area contributed by atoms with Crippen molar-refractivity contribution in [2.45, 2.75) is 37.4 Å². The van der Waals surface area contributed by atoms with E-state index in [1.807, 2.05) is 12.2 Å². The Balaban J connectivity index is 2.27. The molecular formula is C19H31N5O6. The number of hydrogen-bond donors (Lipinski definition) is 7. The highest BCUT2D eigenvalue weighted by molar-refractivity contribution is 5.92. The molecule has 0 aliphatic heterocycles. The van der Waals surface area contributed by atoms with Crippen LogP contribution in [0.25, 0.3) is 0 Å². The highest BCUT2D eigenvalue weighted by atomic mass is 16.4. The predicted molar refractivity (Wildman–Crippen MR) is 109 cm³/mol. The Morgan fingerprint density at radius 1 is 0.967 bits per heavy atom. The van der Waals surface area contributed by atoms with Crippen LogP contribution in [0.4, 0.5) is 0 Å². The van der Waals surface area contributed by atoms with Gasteiger partial charge < -0.3 is 36.8 Å². The molecule has 1 aliphatic rings. The number of unbranched alkanes of at least 4 members (excludes halogenated alkanes) is 1. The molecule has 0 spiro atoms. The molecular weight excluding hydrogens is 394 g/mol. The number of carbonyl (C=O) groups excluding carboxylic acids is 3. The van der Waals surface area contributed by atoms with Crippen molar-refractivity contribution in [3.8, 4) is 0 Å². The SMILES string of the molecule is CNC(CCCCNC1C=CC=C1)C(=O)NCC(=O)NC(CO)C(=O)NCC(=O)O. The van der Waals surface area contributed by atoms with Crippen molar-refractivity contribution < 1.29 is 29.4 Å². The van der Waals surface area contributed by atoms with Crippen molar-refractivity contribution in [3.05, 3.63) is 24.3 Å². The zero-order valence-corrected chi connectivity index (χ0v) is 17.0. The number of carboxylic acids is 1. The second-order valence-corrected chi connectivity index (χ2v) is 6.72. The number of amides is 3. The van der Waals surface area contributed by atoms with E-state index in [9.17, 15) is 24.3 Å². The van der Waals surface area contributed by atoms with Crippen LogP contribution in [-0.4, -0.2) is 85.3 Å². The third-order valence-electron chi connectivity index (χ3n) is 4.38. The van der Waals surface area contributed by atoms with E-state index in [2.05, 4.69) is 38.7 Å². The van der Waals surface area contributed by atoms with Crippen LogP contribution in [0.3, 0.4) is 0 Å². The van der Waals surface area contributed by atoms with Gasteiger partial charge in [-0.05, 0) is 26.4 Å². The average Bonchev–Trinajstić information content (AvgIpc) is 3.24. The maximum absolute atomic E-state index is 12.2. The van der Waals surface area contributed by atoms with Crippen LogP contribution < -0.4 is 26.6 Å². The summed E-state index contributed by atoms with van der Waals surface area (Å²) in [6.45, 7) is -0.881. The highest BCUT2D eigenvalue weighted by Crippen LogP contribution is 2.03. The summed E-state index contributed by atoms with van der Waals surface area (Å²) in [5.74, 6) is -3.10. The molecule has 1 aliphatic carbocycles. The zero-order valence-electron chi connectivity index (χ0n) is 17.0. The van der Waals surface area contributed by atoms with Gasteiger partial charge in [0.1, 0.15) is 12.6 Å². The maximum atomic E-state index is 12.2. The van der Waals surface area contributed by atoms with Gasteiger partial charge in [-0.25, -0.2) is 0 Å². The summed E-state index contributed by atoms with van der Waals surface area (Å²) in [7, 11) is 1.66. The first-order chi connectivity index (χ1) is 14.4. The van der Waals surface area contributed by atoms with Crippen LogP contribution >= 0.6 is 0 Å². The highest BCUT2D eigenvalue weighted by Gasteiger charge is 2.21. The summed E-state index contributed by atoms with van der Waals surface area (Å²) in [6.07, 6.45) is 10.4. The molecule has 0 saturated heterocycles. The molecule has 0 saturated carbocycles. The number of aliphatic carboxylic acids is 1. The molecule has 0 heterocycles. The number of carbonyl (C=O) groups is 4. The first-order valence-corrected chi connectivity index (χ1v) is 9.80. The van der Waals surface area contributed by atoms with Gasteiger partial charge in [0.05, 0.1) is 19.2 Å². The largest absolute Gasteiger partial charge is 0.480 e. The summed E-state index contributed by atoms with van der Waals surface area (Å²) < 4.78 is 0. The first kappa shape index (κ1) is 25.3. The number of aliphatic hydroxyl groups excluding tert-OH is 1. The van der Waals surface area contributed by atoms with Gasteiger partial charge >= 0.3 is 5.97 Å². The Kier molecular flexibility index (Phi) is 12.0. The topological polar surface area (TPSA) is 169 Å². The van der Waals surface area contributed by atoms with Gasteiger partial charge in [0.25, 0.3) is 0 Å². The van der Waals surface area contributed by atoms with E-state index in [4.69, 9.17) is 5.11 Å². The van der Waals surface area contributed by atoms with E-state index < -0.39 is 43.0 Å². The van der Waals surface area contributed by atoms with Crippen molar-refractivity contribution in [2.75, 3.05) is 33.3 Å².